The van der Waals surface area contributed by atoms with Crippen molar-refractivity contribution < 1.29 is 0 Å². The van der Waals surface area contributed by atoms with Gasteiger partial charge in [0.15, 0.2) is 0 Å². The molecule has 1 rings (SSSR count). The number of nitrogens with zero attached hydrogens (tertiary/aromatic N) is 1. The second-order valence-electron chi connectivity index (χ2n) is 4.21. The summed E-state index contributed by atoms with van der Waals surface area (Å²) in [6.07, 6.45) is 5.83. The van der Waals surface area contributed by atoms with Crippen LogP contribution in [0.4, 0.5) is 5.69 Å². The minimum atomic E-state index is 0.402. The first-order valence-corrected chi connectivity index (χ1v) is 6.23. The summed E-state index contributed by atoms with van der Waals surface area (Å²) in [4.78, 5) is 2.42. The van der Waals surface area contributed by atoms with Gasteiger partial charge < -0.3 is 4.90 Å². The highest BCUT2D eigenvalue weighted by molar-refractivity contribution is 5.47. The molecule has 1 atom stereocenters. The molecule has 16 heavy (non-hydrogen) atoms. The van der Waals surface area contributed by atoms with Gasteiger partial charge in [-0.3, -0.25) is 0 Å². The van der Waals surface area contributed by atoms with E-state index in [1.165, 1.54) is 24.9 Å². The minimum absolute atomic E-state index is 0.402. The van der Waals surface area contributed by atoms with Crippen molar-refractivity contribution in [2.45, 2.75) is 39.2 Å². The quantitative estimate of drug-likeness (QED) is 0.487. The Morgan fingerprint density at radius 1 is 1.25 bits per heavy atom. The first-order valence-electron chi connectivity index (χ1n) is 6.23. The largest absolute Gasteiger partial charge is 0.365 e. The van der Waals surface area contributed by atoms with Crippen LogP contribution in [0.25, 0.3) is 0 Å². The van der Waals surface area contributed by atoms with Gasteiger partial charge in [-0.1, -0.05) is 44.0 Å². The Kier molecular flexibility index (Phi) is 5.69. The molecule has 0 spiro atoms. The van der Waals surface area contributed by atoms with Gasteiger partial charge >= 0.3 is 0 Å². The van der Waals surface area contributed by atoms with E-state index >= 15 is 0 Å². The topological polar surface area (TPSA) is 3.24 Å². The molecule has 1 heteroatoms. The van der Waals surface area contributed by atoms with E-state index in [2.05, 4.69) is 55.7 Å². The molecule has 0 saturated carbocycles. The molecule has 0 N–H and O–H groups in total. The van der Waals surface area contributed by atoms with Crippen LogP contribution in [0, 0.1) is 0 Å². The second kappa shape index (κ2) is 7.10. The van der Waals surface area contributed by atoms with Crippen molar-refractivity contribution in [3.8, 4) is 0 Å². The van der Waals surface area contributed by atoms with E-state index in [0.717, 1.165) is 6.54 Å². The first kappa shape index (κ1) is 12.8. The van der Waals surface area contributed by atoms with E-state index < -0.39 is 0 Å². The van der Waals surface area contributed by atoms with E-state index in [0.29, 0.717) is 6.04 Å². The number of rotatable bonds is 7. The van der Waals surface area contributed by atoms with Crippen molar-refractivity contribution in [1.82, 2.24) is 0 Å². The maximum absolute atomic E-state index is 3.89. The zero-order valence-electron chi connectivity index (χ0n) is 10.5. The van der Waals surface area contributed by atoms with E-state index in [4.69, 9.17) is 0 Å². The van der Waals surface area contributed by atoms with E-state index in [1.807, 2.05) is 6.08 Å². The molecule has 0 fully saturated rings. The van der Waals surface area contributed by atoms with Crippen molar-refractivity contribution in [3.05, 3.63) is 43.0 Å². The summed E-state index contributed by atoms with van der Waals surface area (Å²) in [5.74, 6) is 0. The minimum Gasteiger partial charge on any atom is -0.365 e. The molecule has 0 saturated heterocycles. The molecule has 0 aliphatic rings. The highest BCUT2D eigenvalue weighted by Gasteiger charge is 2.10. The Morgan fingerprint density at radius 2 is 1.94 bits per heavy atom. The zero-order valence-corrected chi connectivity index (χ0v) is 10.5. The fourth-order valence-corrected chi connectivity index (χ4v) is 1.85. The van der Waals surface area contributed by atoms with Crippen LogP contribution in [0.2, 0.25) is 0 Å². The highest BCUT2D eigenvalue weighted by atomic mass is 15.1. The van der Waals surface area contributed by atoms with Gasteiger partial charge in [-0.15, -0.1) is 6.58 Å². The Morgan fingerprint density at radius 3 is 2.50 bits per heavy atom. The zero-order chi connectivity index (χ0) is 11.8. The fourth-order valence-electron chi connectivity index (χ4n) is 1.85. The van der Waals surface area contributed by atoms with Crippen LogP contribution in [0.5, 0.6) is 0 Å². The van der Waals surface area contributed by atoms with Crippen LogP contribution in [0.15, 0.2) is 43.0 Å². The third-order valence-electron chi connectivity index (χ3n) is 2.92. The average Bonchev–Trinajstić information content (AvgIpc) is 2.35. The lowest BCUT2D eigenvalue weighted by Crippen LogP contribution is -2.32. The molecule has 0 amide bonds. The summed E-state index contributed by atoms with van der Waals surface area (Å²) in [5.41, 5.74) is 1.30. The number of unbranched alkanes of at least 4 members (excludes halogenated alkanes) is 2. The molecule has 0 heterocycles. The normalized spacial score (nSPS) is 12.1. The fraction of sp³-hybridized carbons (Fsp3) is 0.467. The number of para-hydroxylation sites is 1. The summed E-state index contributed by atoms with van der Waals surface area (Å²) in [7, 11) is 0. The number of hydrogen-bond donors (Lipinski definition) is 0. The summed E-state index contributed by atoms with van der Waals surface area (Å²) in [6.45, 7) is 9.45. The van der Waals surface area contributed by atoms with Gasteiger partial charge in [0.25, 0.3) is 0 Å². The molecule has 1 aromatic carbocycles. The molecule has 1 nitrogen and oxygen atoms in total. The standard InChI is InChI=1S/C15H23N/c1-4-6-10-13-16(14(3)5-2)15-11-8-7-9-12-15/h5,7-9,11-12,14H,2,4,6,10,13H2,1,3H3. The maximum atomic E-state index is 3.89. The Hall–Kier alpha value is -1.24. The molecular formula is C15H23N. The van der Waals surface area contributed by atoms with Gasteiger partial charge in [0.05, 0.1) is 0 Å². The van der Waals surface area contributed by atoms with E-state index in [9.17, 15) is 0 Å². The summed E-state index contributed by atoms with van der Waals surface area (Å²) >= 11 is 0. The molecule has 0 radical (unpaired) electrons. The summed E-state index contributed by atoms with van der Waals surface area (Å²) in [5, 5.41) is 0. The van der Waals surface area contributed by atoms with Gasteiger partial charge in [0, 0.05) is 18.3 Å². The van der Waals surface area contributed by atoms with Gasteiger partial charge in [-0.2, -0.15) is 0 Å². The van der Waals surface area contributed by atoms with Gasteiger partial charge in [-0.25, -0.2) is 0 Å². The third kappa shape index (κ3) is 3.73. The molecule has 1 unspecified atom stereocenters. The van der Waals surface area contributed by atoms with Crippen LogP contribution in [0.3, 0.4) is 0 Å². The van der Waals surface area contributed by atoms with E-state index in [-0.39, 0.29) is 0 Å². The third-order valence-corrected chi connectivity index (χ3v) is 2.92. The van der Waals surface area contributed by atoms with Gasteiger partial charge in [0.1, 0.15) is 0 Å². The number of benzene rings is 1. The molecular weight excluding hydrogens is 194 g/mol. The van der Waals surface area contributed by atoms with Gasteiger partial charge in [0.2, 0.25) is 0 Å². The smallest absolute Gasteiger partial charge is 0.0442 e. The molecule has 1 aromatic rings. The Labute approximate surface area is 99.8 Å². The summed E-state index contributed by atoms with van der Waals surface area (Å²) in [6, 6.07) is 11.0. The van der Waals surface area contributed by atoms with Crippen LogP contribution >= 0.6 is 0 Å². The SMILES string of the molecule is C=CC(C)N(CCCCC)c1ccccc1. The predicted octanol–water partition coefficient (Wildman–Crippen LogP) is 4.26. The molecule has 0 aliphatic heterocycles. The van der Waals surface area contributed by atoms with Crippen LogP contribution in [0.1, 0.15) is 33.1 Å². The molecule has 0 bridgehead atoms. The van der Waals surface area contributed by atoms with Crippen molar-refractivity contribution in [1.29, 1.82) is 0 Å². The summed E-state index contributed by atoms with van der Waals surface area (Å²) < 4.78 is 0. The van der Waals surface area contributed by atoms with Crippen LogP contribution in [-0.4, -0.2) is 12.6 Å². The van der Waals surface area contributed by atoms with Crippen LogP contribution < -0.4 is 4.90 Å². The average molecular weight is 217 g/mol. The van der Waals surface area contributed by atoms with Crippen molar-refractivity contribution >= 4 is 5.69 Å². The van der Waals surface area contributed by atoms with Gasteiger partial charge in [-0.05, 0) is 25.5 Å². The predicted molar refractivity (Wildman–Crippen MR) is 73.0 cm³/mol. The van der Waals surface area contributed by atoms with Crippen molar-refractivity contribution in [2.24, 2.45) is 0 Å². The molecule has 0 aliphatic carbocycles. The number of hydrogen-bond acceptors (Lipinski definition) is 1. The van der Waals surface area contributed by atoms with Crippen LogP contribution in [-0.2, 0) is 0 Å². The lowest BCUT2D eigenvalue weighted by Gasteiger charge is -2.29. The Bertz CT molecular complexity index is 292. The monoisotopic (exact) mass is 217 g/mol. The maximum Gasteiger partial charge on any atom is 0.0442 e. The highest BCUT2D eigenvalue weighted by Crippen LogP contribution is 2.17. The lowest BCUT2D eigenvalue weighted by atomic mass is 10.1. The lowest BCUT2D eigenvalue weighted by molar-refractivity contribution is 0.651. The van der Waals surface area contributed by atoms with Crippen molar-refractivity contribution in [3.63, 3.8) is 0 Å². The molecule has 0 aromatic heterocycles. The first-order chi connectivity index (χ1) is 7.79. The molecule has 88 valence electrons. The second-order valence-corrected chi connectivity index (χ2v) is 4.21. The Balaban J connectivity index is 2.67. The number of anilines is 1. The van der Waals surface area contributed by atoms with E-state index in [1.54, 1.807) is 0 Å². The van der Waals surface area contributed by atoms with Crippen molar-refractivity contribution in [2.75, 3.05) is 11.4 Å².